The molecule has 0 unspecified atom stereocenters. The van der Waals surface area contributed by atoms with Crippen molar-refractivity contribution >= 4 is 0 Å². The molecule has 0 saturated heterocycles. The quantitative estimate of drug-likeness (QED) is 0.829. The second-order valence-electron chi connectivity index (χ2n) is 5.08. The molecule has 96 valence electrons. The van der Waals surface area contributed by atoms with E-state index in [-0.39, 0.29) is 0 Å². The molecule has 0 radical (unpaired) electrons. The fraction of sp³-hybridized carbons (Fsp3) is 0.615. The highest BCUT2D eigenvalue weighted by molar-refractivity contribution is 5.07. The average Bonchev–Trinajstić information content (AvgIpc) is 3.06. The van der Waals surface area contributed by atoms with Crippen LogP contribution < -0.4 is 0 Å². The van der Waals surface area contributed by atoms with Crippen molar-refractivity contribution in [3.05, 3.63) is 29.7 Å². The van der Waals surface area contributed by atoms with Gasteiger partial charge in [-0.25, -0.2) is 0 Å². The summed E-state index contributed by atoms with van der Waals surface area (Å²) in [5.74, 6) is 2.29. The van der Waals surface area contributed by atoms with Crippen LogP contribution in [0.5, 0.6) is 0 Å². The van der Waals surface area contributed by atoms with Crippen molar-refractivity contribution in [3.63, 3.8) is 0 Å². The molecule has 0 bridgehead atoms. The molecule has 0 atom stereocenters. The zero-order valence-corrected chi connectivity index (χ0v) is 10.7. The molecule has 0 spiro atoms. The van der Waals surface area contributed by atoms with Gasteiger partial charge in [0, 0.05) is 25.4 Å². The molecule has 5 nitrogen and oxygen atoms in total. The zero-order valence-electron chi connectivity index (χ0n) is 10.7. The Hall–Kier alpha value is -1.65. The minimum absolute atomic E-state index is 0.685. The summed E-state index contributed by atoms with van der Waals surface area (Å²) in [7, 11) is 1.93. The zero-order chi connectivity index (χ0) is 12.4. The van der Waals surface area contributed by atoms with Crippen LogP contribution in [-0.4, -0.2) is 19.9 Å². The first-order valence-electron chi connectivity index (χ1n) is 6.59. The van der Waals surface area contributed by atoms with Crippen molar-refractivity contribution in [1.29, 1.82) is 0 Å². The molecule has 1 fully saturated rings. The molecule has 2 aromatic rings. The predicted molar refractivity (Wildman–Crippen MR) is 66.0 cm³/mol. The summed E-state index contributed by atoms with van der Waals surface area (Å²) in [5, 5.41) is 8.18. The number of nitrogens with zero attached hydrogens (tertiary/aromatic N) is 4. The van der Waals surface area contributed by atoms with Gasteiger partial charge in [-0.05, 0) is 24.8 Å². The van der Waals surface area contributed by atoms with Crippen LogP contribution in [0.1, 0.15) is 43.1 Å². The Morgan fingerprint density at radius 2 is 2.22 bits per heavy atom. The van der Waals surface area contributed by atoms with Crippen LogP contribution in [0, 0.1) is 5.92 Å². The minimum Gasteiger partial charge on any atom is -0.339 e. The van der Waals surface area contributed by atoms with Crippen LogP contribution >= 0.6 is 0 Å². The summed E-state index contributed by atoms with van der Waals surface area (Å²) in [6, 6.07) is 1.98. The Morgan fingerprint density at radius 1 is 1.39 bits per heavy atom. The summed E-state index contributed by atoms with van der Waals surface area (Å²) in [5.41, 5.74) is 1.10. The van der Waals surface area contributed by atoms with Crippen molar-refractivity contribution < 1.29 is 4.52 Å². The third-order valence-electron chi connectivity index (χ3n) is 3.71. The van der Waals surface area contributed by atoms with Crippen molar-refractivity contribution in [2.45, 2.75) is 38.5 Å². The molecule has 0 aliphatic heterocycles. The lowest BCUT2D eigenvalue weighted by atomic mass is 10.0. The Bertz CT molecular complexity index is 511. The van der Waals surface area contributed by atoms with Gasteiger partial charge in [0.15, 0.2) is 5.82 Å². The summed E-state index contributed by atoms with van der Waals surface area (Å²) < 4.78 is 7.16. The topological polar surface area (TPSA) is 56.7 Å². The predicted octanol–water partition coefficient (Wildman–Crippen LogP) is 2.13. The van der Waals surface area contributed by atoms with Crippen molar-refractivity contribution in [2.24, 2.45) is 13.0 Å². The van der Waals surface area contributed by atoms with E-state index in [1.54, 1.807) is 6.20 Å². The molecule has 2 aromatic heterocycles. The monoisotopic (exact) mass is 246 g/mol. The van der Waals surface area contributed by atoms with Crippen LogP contribution in [0.25, 0.3) is 0 Å². The molecule has 18 heavy (non-hydrogen) atoms. The lowest BCUT2D eigenvalue weighted by Gasteiger charge is -2.02. The smallest absolute Gasteiger partial charge is 0.226 e. The van der Waals surface area contributed by atoms with Gasteiger partial charge in [0.2, 0.25) is 5.89 Å². The van der Waals surface area contributed by atoms with E-state index in [0.29, 0.717) is 6.42 Å². The Kier molecular flexibility index (Phi) is 3.13. The second kappa shape index (κ2) is 4.92. The van der Waals surface area contributed by atoms with Crippen LogP contribution in [-0.2, 0) is 19.9 Å². The molecule has 3 rings (SSSR count). The van der Waals surface area contributed by atoms with Crippen LogP contribution in [0.4, 0.5) is 0 Å². The first-order valence-corrected chi connectivity index (χ1v) is 6.59. The highest BCUT2D eigenvalue weighted by Gasteiger charge is 2.19. The first-order chi connectivity index (χ1) is 8.81. The maximum Gasteiger partial charge on any atom is 0.226 e. The standard InChI is InChI=1S/C13H18N4O/c1-17-11(6-7-14-17)9-12-15-13(18-16-12)8-10-4-2-3-5-10/h6-7,10H,2-5,8-9H2,1H3. The molecule has 1 aliphatic rings. The Morgan fingerprint density at radius 3 is 2.94 bits per heavy atom. The Labute approximate surface area is 106 Å². The molecule has 1 saturated carbocycles. The van der Waals surface area contributed by atoms with E-state index in [0.717, 1.165) is 29.7 Å². The van der Waals surface area contributed by atoms with Crippen molar-refractivity contribution in [3.8, 4) is 0 Å². The first kappa shape index (κ1) is 11.4. The van der Waals surface area contributed by atoms with Gasteiger partial charge in [-0.3, -0.25) is 4.68 Å². The average molecular weight is 246 g/mol. The fourth-order valence-corrected chi connectivity index (χ4v) is 2.64. The highest BCUT2D eigenvalue weighted by atomic mass is 16.5. The van der Waals surface area contributed by atoms with Gasteiger partial charge in [-0.2, -0.15) is 10.1 Å². The number of hydrogen-bond acceptors (Lipinski definition) is 4. The number of aromatic nitrogens is 4. The maximum absolute atomic E-state index is 5.32. The Balaban J connectivity index is 1.64. The van der Waals surface area contributed by atoms with Gasteiger partial charge in [0.1, 0.15) is 0 Å². The van der Waals surface area contributed by atoms with Gasteiger partial charge in [-0.15, -0.1) is 0 Å². The maximum atomic E-state index is 5.32. The van der Waals surface area contributed by atoms with Crippen molar-refractivity contribution in [1.82, 2.24) is 19.9 Å². The van der Waals surface area contributed by atoms with Gasteiger partial charge >= 0.3 is 0 Å². The summed E-state index contributed by atoms with van der Waals surface area (Å²) in [6.07, 6.45) is 8.72. The van der Waals surface area contributed by atoms with E-state index in [4.69, 9.17) is 4.52 Å². The van der Waals surface area contributed by atoms with Crippen molar-refractivity contribution in [2.75, 3.05) is 0 Å². The van der Waals surface area contributed by atoms with Gasteiger partial charge in [0.05, 0.1) is 6.42 Å². The SMILES string of the molecule is Cn1nccc1Cc1noc(CC2CCCC2)n1. The summed E-state index contributed by atoms with van der Waals surface area (Å²) in [4.78, 5) is 4.47. The molecule has 1 aliphatic carbocycles. The molecule has 0 N–H and O–H groups in total. The van der Waals surface area contributed by atoms with E-state index in [9.17, 15) is 0 Å². The van der Waals surface area contributed by atoms with Gasteiger partial charge < -0.3 is 4.52 Å². The lowest BCUT2D eigenvalue weighted by Crippen LogP contribution is -2.01. The van der Waals surface area contributed by atoms with E-state index >= 15 is 0 Å². The number of rotatable bonds is 4. The van der Waals surface area contributed by atoms with Crippen LogP contribution in [0.15, 0.2) is 16.8 Å². The van der Waals surface area contributed by atoms with E-state index in [1.807, 2.05) is 17.8 Å². The molecule has 0 aromatic carbocycles. The van der Waals surface area contributed by atoms with Gasteiger partial charge in [-0.1, -0.05) is 18.0 Å². The molecule has 5 heteroatoms. The molecule has 2 heterocycles. The van der Waals surface area contributed by atoms with Gasteiger partial charge in [0.25, 0.3) is 0 Å². The normalized spacial score (nSPS) is 16.5. The van der Waals surface area contributed by atoms with Crippen LogP contribution in [0.3, 0.4) is 0 Å². The largest absolute Gasteiger partial charge is 0.339 e. The molecular weight excluding hydrogens is 228 g/mol. The van der Waals surface area contributed by atoms with E-state index in [2.05, 4.69) is 15.2 Å². The molecule has 0 amide bonds. The van der Waals surface area contributed by atoms with E-state index in [1.165, 1.54) is 25.7 Å². The third kappa shape index (κ3) is 2.44. The molecular formula is C13H18N4O. The second-order valence-corrected chi connectivity index (χ2v) is 5.08. The highest BCUT2D eigenvalue weighted by Crippen LogP contribution is 2.27. The van der Waals surface area contributed by atoms with E-state index < -0.39 is 0 Å². The number of aryl methyl sites for hydroxylation is 1. The summed E-state index contributed by atoms with van der Waals surface area (Å²) >= 11 is 0. The lowest BCUT2D eigenvalue weighted by molar-refractivity contribution is 0.350. The fourth-order valence-electron chi connectivity index (χ4n) is 2.64. The summed E-state index contributed by atoms with van der Waals surface area (Å²) in [6.45, 7) is 0. The number of hydrogen-bond donors (Lipinski definition) is 0. The third-order valence-corrected chi connectivity index (χ3v) is 3.71. The minimum atomic E-state index is 0.685. The van der Waals surface area contributed by atoms with Crippen LogP contribution in [0.2, 0.25) is 0 Å².